The molecule has 0 spiro atoms. The molecule has 3 aliphatic carbocycles. The fourth-order valence-electron chi connectivity index (χ4n) is 8.09. The molecule has 2 aromatic rings. The van der Waals surface area contributed by atoms with Crippen LogP contribution in [0.4, 0.5) is 0 Å². The van der Waals surface area contributed by atoms with Gasteiger partial charge in [-0.05, 0) is 61.4 Å². The molecule has 0 aliphatic heterocycles. The van der Waals surface area contributed by atoms with Crippen LogP contribution in [0.25, 0.3) is 0 Å². The van der Waals surface area contributed by atoms with E-state index >= 15 is 0 Å². The lowest BCUT2D eigenvalue weighted by molar-refractivity contribution is -0.265. The van der Waals surface area contributed by atoms with Crippen LogP contribution in [0.3, 0.4) is 0 Å². The van der Waals surface area contributed by atoms with Crippen LogP contribution in [0.5, 0.6) is 0 Å². The third-order valence-electron chi connectivity index (χ3n) is 10.7. The molecule has 45 heavy (non-hydrogen) atoms. The Morgan fingerprint density at radius 1 is 0.844 bits per heavy atom. The summed E-state index contributed by atoms with van der Waals surface area (Å²) >= 11 is 0. The van der Waals surface area contributed by atoms with Crippen LogP contribution in [0.1, 0.15) is 54.3 Å². The molecule has 3 saturated carbocycles. The molecule has 2 aromatic carbocycles. The van der Waals surface area contributed by atoms with Gasteiger partial charge in [-0.25, -0.2) is 9.59 Å². The predicted molar refractivity (Wildman–Crippen MR) is 160 cm³/mol. The second-order valence-corrected chi connectivity index (χ2v) is 13.3. The van der Waals surface area contributed by atoms with Gasteiger partial charge in [-0.15, -0.1) is 0 Å². The Morgan fingerprint density at radius 3 is 1.91 bits per heavy atom. The lowest BCUT2D eigenvalue weighted by Gasteiger charge is -2.58. The minimum Gasteiger partial charge on any atom is -0.459 e. The van der Waals surface area contributed by atoms with Crippen LogP contribution in [-0.4, -0.2) is 101 Å². The number of hydrogen-bond acceptors (Lipinski definition) is 11. The molecular formula is C34H42O11. The second kappa shape index (κ2) is 11.6. The highest BCUT2D eigenvalue weighted by Gasteiger charge is 2.78. The van der Waals surface area contributed by atoms with E-state index in [0.717, 1.165) is 0 Å². The quantitative estimate of drug-likeness (QED) is 0.178. The van der Waals surface area contributed by atoms with Crippen molar-refractivity contribution < 1.29 is 54.8 Å². The number of ether oxygens (including phenoxy) is 2. The van der Waals surface area contributed by atoms with Crippen LogP contribution in [0, 0.1) is 23.7 Å². The third kappa shape index (κ3) is 4.93. The van der Waals surface area contributed by atoms with Crippen molar-refractivity contribution in [3.8, 4) is 0 Å². The van der Waals surface area contributed by atoms with E-state index in [4.69, 9.17) is 9.47 Å². The summed E-state index contributed by atoms with van der Waals surface area (Å²) in [4.78, 5) is 26.4. The molecular weight excluding hydrogens is 584 g/mol. The number of carbonyl (C=O) groups excluding carboxylic acids is 2. The van der Waals surface area contributed by atoms with Gasteiger partial charge < -0.3 is 45.2 Å². The van der Waals surface area contributed by atoms with Gasteiger partial charge in [-0.1, -0.05) is 56.8 Å². The maximum atomic E-state index is 13.5. The summed E-state index contributed by atoms with van der Waals surface area (Å²) in [6, 6.07) is 15.6. The van der Waals surface area contributed by atoms with Gasteiger partial charge in [0.2, 0.25) is 0 Å². The Morgan fingerprint density at radius 2 is 1.38 bits per heavy atom. The van der Waals surface area contributed by atoms with Gasteiger partial charge in [0.05, 0.1) is 34.9 Å². The Balaban J connectivity index is 1.68. The maximum absolute atomic E-state index is 13.5. The standard InChI is InChI=1S/C34H42O11/c1-18(2)31(40)16-20(4)33(42)23-15-19(3)25(35)34(23,43)30(39)32(41,17-44-28(37)21-11-7-5-8-12-21)26(36)24(33)27(31)45-29(38)22-13-9-6-10-14-22/h5-14,19-20,23-27,30,35-36,39-43H,1,15-17H2,2-4H3/t19-,20+,23?,24?,25-,26?,27+,30+,31+,32-,33-,34+/m0/s1. The van der Waals surface area contributed by atoms with Crippen molar-refractivity contribution in [1.82, 2.24) is 0 Å². The van der Waals surface area contributed by atoms with Crippen LogP contribution >= 0.6 is 0 Å². The topological polar surface area (TPSA) is 194 Å². The summed E-state index contributed by atoms with van der Waals surface area (Å²) in [6.45, 7) is 7.45. The van der Waals surface area contributed by atoms with Crippen LogP contribution < -0.4 is 0 Å². The molecule has 0 bridgehead atoms. The van der Waals surface area contributed by atoms with Gasteiger partial charge in [-0.2, -0.15) is 0 Å². The first-order valence-electron chi connectivity index (χ1n) is 15.1. The van der Waals surface area contributed by atoms with E-state index in [1.165, 1.54) is 31.2 Å². The average molecular weight is 627 g/mol. The zero-order chi connectivity index (χ0) is 33.1. The number of carbonyl (C=O) groups is 2. The summed E-state index contributed by atoms with van der Waals surface area (Å²) in [5, 5.41) is 84.5. The molecule has 0 aromatic heterocycles. The minimum absolute atomic E-state index is 0.0660. The molecule has 0 heterocycles. The maximum Gasteiger partial charge on any atom is 0.338 e. The van der Waals surface area contributed by atoms with E-state index in [9.17, 15) is 45.3 Å². The average Bonchev–Trinajstić information content (AvgIpc) is 3.25. The van der Waals surface area contributed by atoms with E-state index in [1.54, 1.807) is 50.2 Å². The molecule has 0 saturated heterocycles. The Hall–Kier alpha value is -3.16. The fraction of sp³-hybridized carbons (Fsp3) is 0.529. The number of benzene rings is 2. The number of fused-ring (bicyclic) bond motifs is 3. The molecule has 5 rings (SSSR count). The Bertz CT molecular complexity index is 1430. The fourth-order valence-corrected chi connectivity index (χ4v) is 8.09. The molecule has 3 unspecified atom stereocenters. The van der Waals surface area contributed by atoms with Crippen molar-refractivity contribution in [2.24, 2.45) is 23.7 Å². The third-order valence-corrected chi connectivity index (χ3v) is 10.7. The van der Waals surface area contributed by atoms with Crippen molar-refractivity contribution in [3.05, 3.63) is 83.9 Å². The number of esters is 2. The molecule has 244 valence electrons. The van der Waals surface area contributed by atoms with Crippen molar-refractivity contribution in [3.63, 3.8) is 0 Å². The Labute approximate surface area is 261 Å². The normalized spacial score (nSPS) is 42.5. The zero-order valence-electron chi connectivity index (χ0n) is 25.5. The van der Waals surface area contributed by atoms with E-state index in [1.807, 2.05) is 0 Å². The first kappa shape index (κ1) is 33.2. The molecule has 11 nitrogen and oxygen atoms in total. The molecule has 12 atom stereocenters. The van der Waals surface area contributed by atoms with Gasteiger partial charge in [0.1, 0.15) is 30.0 Å². The van der Waals surface area contributed by atoms with Gasteiger partial charge in [0.15, 0.2) is 5.60 Å². The van der Waals surface area contributed by atoms with Gasteiger partial charge >= 0.3 is 11.9 Å². The summed E-state index contributed by atoms with van der Waals surface area (Å²) in [5.41, 5.74) is -9.55. The molecule has 0 radical (unpaired) electrons. The van der Waals surface area contributed by atoms with Gasteiger partial charge in [0.25, 0.3) is 0 Å². The van der Waals surface area contributed by atoms with Crippen LogP contribution in [0.2, 0.25) is 0 Å². The van der Waals surface area contributed by atoms with E-state index < -0.39 is 89.0 Å². The number of aliphatic hydroxyl groups excluding tert-OH is 3. The number of rotatable bonds is 6. The SMILES string of the molecule is C=C(C)[C@]1(O)C[C@@H](C)[C@@]2(O)C(C(O)[C@@](O)(COC(=O)c3ccccc3)[C@@H](O)[C@@]3(O)C2C[C@H](C)[C@@H]3O)[C@H]1OC(=O)c1ccccc1. The minimum atomic E-state index is -2.94. The van der Waals surface area contributed by atoms with E-state index in [2.05, 4.69) is 6.58 Å². The summed E-state index contributed by atoms with van der Waals surface area (Å²) in [7, 11) is 0. The van der Waals surface area contributed by atoms with Crippen molar-refractivity contribution in [2.75, 3.05) is 6.61 Å². The number of aliphatic hydroxyl groups is 7. The monoisotopic (exact) mass is 626 g/mol. The number of hydrogen-bond donors (Lipinski definition) is 7. The Kier molecular flexibility index (Phi) is 8.54. The summed E-state index contributed by atoms with van der Waals surface area (Å²) in [6.07, 6.45) is -8.45. The van der Waals surface area contributed by atoms with Crippen molar-refractivity contribution in [2.45, 2.75) is 80.4 Å². The molecule has 11 heteroatoms. The largest absolute Gasteiger partial charge is 0.459 e. The molecule has 7 N–H and O–H groups in total. The zero-order valence-corrected chi connectivity index (χ0v) is 25.5. The first-order chi connectivity index (χ1) is 21.0. The molecule has 3 aliphatic rings. The van der Waals surface area contributed by atoms with Gasteiger partial charge in [0, 0.05) is 5.92 Å². The summed E-state index contributed by atoms with van der Waals surface area (Å²) in [5.74, 6) is -6.70. The highest BCUT2D eigenvalue weighted by molar-refractivity contribution is 5.90. The second-order valence-electron chi connectivity index (χ2n) is 13.3. The van der Waals surface area contributed by atoms with Crippen molar-refractivity contribution in [1.29, 1.82) is 0 Å². The predicted octanol–water partition coefficient (Wildman–Crippen LogP) is 0.978. The first-order valence-corrected chi connectivity index (χ1v) is 15.1. The lowest BCUT2D eigenvalue weighted by atomic mass is 9.53. The van der Waals surface area contributed by atoms with E-state index in [0.29, 0.717) is 0 Å². The highest BCUT2D eigenvalue weighted by atomic mass is 16.6. The van der Waals surface area contributed by atoms with Gasteiger partial charge in [-0.3, -0.25) is 0 Å². The smallest absolute Gasteiger partial charge is 0.338 e. The molecule has 3 fully saturated rings. The van der Waals surface area contributed by atoms with Crippen molar-refractivity contribution >= 4 is 11.9 Å². The molecule has 0 amide bonds. The summed E-state index contributed by atoms with van der Waals surface area (Å²) < 4.78 is 11.3. The van der Waals surface area contributed by atoms with Crippen LogP contribution in [-0.2, 0) is 9.47 Å². The highest BCUT2D eigenvalue weighted by Crippen LogP contribution is 2.62. The van der Waals surface area contributed by atoms with E-state index in [-0.39, 0.29) is 29.5 Å². The lowest BCUT2D eigenvalue weighted by Crippen LogP contribution is -2.72. The van der Waals surface area contributed by atoms with Crippen LogP contribution in [0.15, 0.2) is 72.8 Å².